The summed E-state index contributed by atoms with van der Waals surface area (Å²) in [6, 6.07) is 9.80. The molecule has 8 nitrogen and oxygen atoms in total. The first-order chi connectivity index (χ1) is 17.6. The highest BCUT2D eigenvalue weighted by Gasteiger charge is 2.46. The van der Waals surface area contributed by atoms with Gasteiger partial charge < -0.3 is 11.1 Å². The number of alkyl halides is 3. The monoisotopic (exact) mass is 509 g/mol. The second kappa shape index (κ2) is 8.49. The van der Waals surface area contributed by atoms with Crippen molar-refractivity contribution in [2.75, 3.05) is 13.1 Å². The van der Waals surface area contributed by atoms with Gasteiger partial charge in [-0.3, -0.25) is 14.1 Å². The summed E-state index contributed by atoms with van der Waals surface area (Å²) < 4.78 is 44.0. The normalized spacial score (nSPS) is 20.4. The van der Waals surface area contributed by atoms with Crippen molar-refractivity contribution in [3.8, 4) is 11.5 Å². The van der Waals surface area contributed by atoms with Crippen LogP contribution >= 0.6 is 0 Å². The summed E-state index contributed by atoms with van der Waals surface area (Å²) >= 11 is 0. The molecule has 0 spiro atoms. The number of amides is 1. The lowest BCUT2D eigenvalue weighted by atomic mass is 10.1. The van der Waals surface area contributed by atoms with Gasteiger partial charge in [-0.25, -0.2) is 4.98 Å². The molecule has 0 radical (unpaired) electrons. The van der Waals surface area contributed by atoms with Gasteiger partial charge in [0.05, 0.1) is 5.52 Å². The maximum atomic E-state index is 14.2. The first kappa shape index (κ1) is 23.8. The fourth-order valence-corrected chi connectivity index (χ4v) is 4.94. The van der Waals surface area contributed by atoms with E-state index < -0.39 is 12.2 Å². The largest absolute Gasteiger partial charge is 0.408 e. The predicted octanol–water partition coefficient (Wildman–Crippen LogP) is 3.86. The molecule has 11 heteroatoms. The molecule has 1 aliphatic heterocycles. The van der Waals surface area contributed by atoms with Gasteiger partial charge >= 0.3 is 6.18 Å². The molecule has 2 fully saturated rings. The van der Waals surface area contributed by atoms with Gasteiger partial charge in [0.1, 0.15) is 11.7 Å². The van der Waals surface area contributed by atoms with Gasteiger partial charge in [0.2, 0.25) is 0 Å². The van der Waals surface area contributed by atoms with Crippen LogP contribution in [-0.2, 0) is 0 Å². The lowest BCUT2D eigenvalue weighted by Crippen LogP contribution is -2.38. The van der Waals surface area contributed by atoms with Crippen molar-refractivity contribution in [1.82, 2.24) is 29.8 Å². The van der Waals surface area contributed by atoms with Crippen LogP contribution in [0.25, 0.3) is 28.1 Å². The van der Waals surface area contributed by atoms with Gasteiger partial charge in [-0.2, -0.15) is 13.2 Å². The summed E-state index contributed by atoms with van der Waals surface area (Å²) in [5, 5.41) is 12.2. The van der Waals surface area contributed by atoms with Crippen molar-refractivity contribution < 1.29 is 18.0 Å². The van der Waals surface area contributed by atoms with E-state index in [1.54, 1.807) is 18.2 Å². The Bertz CT molecular complexity index is 1510. The molecule has 1 aliphatic carbocycles. The van der Waals surface area contributed by atoms with Crippen LogP contribution in [0.2, 0.25) is 0 Å². The minimum absolute atomic E-state index is 0.0865. The van der Waals surface area contributed by atoms with Crippen LogP contribution in [-0.4, -0.2) is 61.2 Å². The number of nitrogens with one attached hydrogen (secondary N) is 1. The van der Waals surface area contributed by atoms with Gasteiger partial charge in [0, 0.05) is 41.8 Å². The maximum absolute atomic E-state index is 14.2. The third-order valence-corrected chi connectivity index (χ3v) is 7.27. The van der Waals surface area contributed by atoms with Crippen LogP contribution in [0, 0.1) is 0 Å². The number of nitrogens with two attached hydrogens (primary N) is 1. The Hall–Kier alpha value is -3.57. The molecule has 1 amide bonds. The second-order valence-electron chi connectivity index (χ2n) is 10.3. The van der Waals surface area contributed by atoms with Crippen molar-refractivity contribution in [3.63, 3.8) is 0 Å². The van der Waals surface area contributed by atoms with Crippen LogP contribution < -0.4 is 11.1 Å². The molecular formula is C26H26F3N7O. The number of pyridine rings is 2. The van der Waals surface area contributed by atoms with E-state index >= 15 is 0 Å². The molecular weight excluding hydrogens is 483 g/mol. The number of carbonyl (C=O) groups is 1. The van der Waals surface area contributed by atoms with Crippen molar-refractivity contribution >= 4 is 22.5 Å². The topological polar surface area (TPSA) is 101 Å². The van der Waals surface area contributed by atoms with E-state index in [0.717, 1.165) is 18.2 Å². The van der Waals surface area contributed by atoms with E-state index in [-0.39, 0.29) is 36.1 Å². The number of hydrogen-bond acceptors (Lipinski definition) is 6. The quantitative estimate of drug-likeness (QED) is 0.424. The third kappa shape index (κ3) is 4.53. The molecule has 6 rings (SSSR count). The van der Waals surface area contributed by atoms with Crippen LogP contribution in [0.1, 0.15) is 48.1 Å². The Kier molecular flexibility index (Phi) is 5.46. The highest BCUT2D eigenvalue weighted by Crippen LogP contribution is 2.39. The van der Waals surface area contributed by atoms with E-state index in [9.17, 15) is 18.0 Å². The molecule has 2 aliphatic rings. The fraction of sp³-hybridized carbons (Fsp3) is 0.385. The maximum Gasteiger partial charge on any atom is 0.408 e. The molecule has 3 aromatic heterocycles. The predicted molar refractivity (Wildman–Crippen MR) is 132 cm³/mol. The van der Waals surface area contributed by atoms with E-state index in [2.05, 4.69) is 20.5 Å². The Morgan fingerprint density at radius 1 is 1.16 bits per heavy atom. The Balaban J connectivity index is 1.38. The molecule has 4 aromatic rings. The Morgan fingerprint density at radius 2 is 1.95 bits per heavy atom. The van der Waals surface area contributed by atoms with Crippen molar-refractivity contribution in [1.29, 1.82) is 0 Å². The first-order valence-corrected chi connectivity index (χ1v) is 12.2. The third-order valence-electron chi connectivity index (χ3n) is 7.27. The SMILES string of the molecule is CC1(NC(=O)c2ccc3ccc(-c4nnc5ccc([C@@H](N6CC[C@H](N)C6)C(F)(F)F)cn45)nc3c2)CC1. The number of rotatable bonds is 5. The number of benzene rings is 1. The van der Waals surface area contributed by atoms with E-state index in [4.69, 9.17) is 5.73 Å². The molecule has 192 valence electrons. The lowest BCUT2D eigenvalue weighted by molar-refractivity contribution is -0.183. The summed E-state index contributed by atoms with van der Waals surface area (Å²) in [5.41, 5.74) is 7.77. The zero-order chi connectivity index (χ0) is 25.9. The van der Waals surface area contributed by atoms with Crippen molar-refractivity contribution in [2.45, 2.75) is 50.0 Å². The van der Waals surface area contributed by atoms with Crippen LogP contribution in [0.5, 0.6) is 0 Å². The van der Waals surface area contributed by atoms with Gasteiger partial charge in [-0.05, 0) is 56.0 Å². The number of likely N-dealkylation sites (tertiary alicyclic amines) is 1. The molecule has 1 saturated carbocycles. The van der Waals surface area contributed by atoms with Crippen LogP contribution in [0.15, 0.2) is 48.7 Å². The molecule has 3 N–H and O–H groups in total. The summed E-state index contributed by atoms with van der Waals surface area (Å²) in [5.74, 6) is 0.157. The zero-order valence-electron chi connectivity index (χ0n) is 20.2. The molecule has 4 heterocycles. The molecule has 1 saturated heterocycles. The fourth-order valence-electron chi connectivity index (χ4n) is 4.94. The molecule has 0 bridgehead atoms. The highest BCUT2D eigenvalue weighted by atomic mass is 19.4. The number of aromatic nitrogens is 4. The second-order valence-corrected chi connectivity index (χ2v) is 10.3. The molecule has 0 unspecified atom stereocenters. The zero-order valence-corrected chi connectivity index (χ0v) is 20.2. The summed E-state index contributed by atoms with van der Waals surface area (Å²) in [6.07, 6.45) is -0.611. The standard InChI is InChI=1S/C26H26F3N7O/c1-25(9-10-25)32-24(37)16-3-2-15-4-6-19(31-20(15)12-16)23-34-33-21-7-5-17(13-36(21)23)22(26(27,28)29)35-11-8-18(30)14-35/h2-7,12-13,18,22H,8-11,14,30H2,1H3,(H,32,37)/t18-,22+/m0/s1. The van der Waals surface area contributed by atoms with E-state index in [1.807, 2.05) is 19.1 Å². The first-order valence-electron chi connectivity index (χ1n) is 12.2. The Labute approximate surface area is 210 Å². The average Bonchev–Trinajstić information content (AvgIpc) is 3.22. The average molecular weight is 510 g/mol. The Morgan fingerprint density at radius 3 is 2.65 bits per heavy atom. The smallest absolute Gasteiger partial charge is 0.347 e. The van der Waals surface area contributed by atoms with E-state index in [1.165, 1.54) is 27.6 Å². The van der Waals surface area contributed by atoms with Gasteiger partial charge in [0.25, 0.3) is 5.91 Å². The minimum atomic E-state index is -4.47. The van der Waals surface area contributed by atoms with Gasteiger partial charge in [-0.1, -0.05) is 18.2 Å². The van der Waals surface area contributed by atoms with E-state index in [0.29, 0.717) is 34.7 Å². The van der Waals surface area contributed by atoms with Crippen molar-refractivity contribution in [2.24, 2.45) is 5.73 Å². The van der Waals surface area contributed by atoms with Crippen molar-refractivity contribution in [3.05, 3.63) is 59.8 Å². The minimum Gasteiger partial charge on any atom is -0.347 e. The summed E-state index contributed by atoms with van der Waals surface area (Å²) in [6.45, 7) is 2.46. The number of hydrogen-bond donors (Lipinski definition) is 2. The number of fused-ring (bicyclic) bond motifs is 2. The molecule has 1 aromatic carbocycles. The van der Waals surface area contributed by atoms with Crippen LogP contribution in [0.3, 0.4) is 0 Å². The van der Waals surface area contributed by atoms with Gasteiger partial charge in [0.15, 0.2) is 11.5 Å². The number of carbonyl (C=O) groups excluding carboxylic acids is 1. The summed E-state index contributed by atoms with van der Waals surface area (Å²) in [7, 11) is 0. The molecule has 2 atom stereocenters. The summed E-state index contributed by atoms with van der Waals surface area (Å²) in [4.78, 5) is 18.7. The van der Waals surface area contributed by atoms with Gasteiger partial charge in [-0.15, -0.1) is 10.2 Å². The number of halogens is 3. The molecule has 37 heavy (non-hydrogen) atoms. The highest BCUT2D eigenvalue weighted by molar-refractivity contribution is 5.98. The number of nitrogens with zero attached hydrogens (tertiary/aromatic N) is 5. The lowest BCUT2D eigenvalue weighted by Gasteiger charge is -2.30. The van der Waals surface area contributed by atoms with Crippen LogP contribution in [0.4, 0.5) is 13.2 Å².